The van der Waals surface area contributed by atoms with E-state index in [1.807, 2.05) is 6.92 Å². The fourth-order valence-corrected chi connectivity index (χ4v) is 3.47. The Hall–Kier alpha value is -1.10. The predicted octanol–water partition coefficient (Wildman–Crippen LogP) is 1.52. The molecule has 2 unspecified atom stereocenters. The van der Waals surface area contributed by atoms with Gasteiger partial charge in [-0.15, -0.1) is 0 Å². The summed E-state index contributed by atoms with van der Waals surface area (Å²) < 4.78 is 0. The molecule has 1 saturated heterocycles. The molecule has 20 heavy (non-hydrogen) atoms. The third-order valence-electron chi connectivity index (χ3n) is 5.12. The summed E-state index contributed by atoms with van der Waals surface area (Å²) in [5.74, 6) is -0.158. The molecule has 0 bridgehead atoms. The van der Waals surface area contributed by atoms with Gasteiger partial charge in [0.2, 0.25) is 5.91 Å². The quantitative estimate of drug-likeness (QED) is 0.730. The minimum absolute atomic E-state index is 0.146. The standard InChI is InChI=1S/C15H26N2O3/c1-3-11-4-7-15(8-5-11,14(19)20)17-13(18)12-10(2)6-9-16-12/h10-12,16H,3-9H2,1-2H3,(H,17,18)(H,19,20). The van der Waals surface area contributed by atoms with E-state index in [0.29, 0.717) is 18.8 Å². The zero-order valence-electron chi connectivity index (χ0n) is 12.4. The van der Waals surface area contributed by atoms with Gasteiger partial charge in [0.15, 0.2) is 0 Å². The lowest BCUT2D eigenvalue weighted by atomic mass is 9.75. The van der Waals surface area contributed by atoms with Crippen molar-refractivity contribution in [3.05, 3.63) is 0 Å². The molecule has 2 atom stereocenters. The first kappa shape index (κ1) is 15.3. The van der Waals surface area contributed by atoms with Crippen molar-refractivity contribution in [2.45, 2.75) is 64.0 Å². The van der Waals surface area contributed by atoms with E-state index in [0.717, 1.165) is 32.2 Å². The Morgan fingerprint density at radius 2 is 1.95 bits per heavy atom. The maximum atomic E-state index is 12.3. The van der Waals surface area contributed by atoms with E-state index >= 15 is 0 Å². The fraction of sp³-hybridized carbons (Fsp3) is 0.867. The van der Waals surface area contributed by atoms with Crippen molar-refractivity contribution in [3.8, 4) is 0 Å². The zero-order valence-corrected chi connectivity index (χ0v) is 12.4. The highest BCUT2D eigenvalue weighted by molar-refractivity contribution is 5.90. The molecule has 1 amide bonds. The molecule has 0 aromatic heterocycles. The molecule has 0 aromatic rings. The summed E-state index contributed by atoms with van der Waals surface area (Å²) in [6.07, 6.45) is 4.93. The number of aliphatic carboxylic acids is 1. The van der Waals surface area contributed by atoms with Crippen LogP contribution in [0.25, 0.3) is 0 Å². The fourth-order valence-electron chi connectivity index (χ4n) is 3.47. The van der Waals surface area contributed by atoms with Crippen LogP contribution in [-0.4, -0.2) is 35.1 Å². The van der Waals surface area contributed by atoms with Crippen molar-refractivity contribution in [3.63, 3.8) is 0 Å². The SMILES string of the molecule is CCC1CCC(NC(=O)C2NCCC2C)(C(=O)O)CC1. The molecule has 0 aromatic carbocycles. The number of carboxylic acid groups (broad SMARTS) is 1. The van der Waals surface area contributed by atoms with E-state index in [2.05, 4.69) is 17.6 Å². The summed E-state index contributed by atoms with van der Waals surface area (Å²) in [6, 6.07) is -0.241. The van der Waals surface area contributed by atoms with Crippen LogP contribution in [0, 0.1) is 11.8 Å². The highest BCUT2D eigenvalue weighted by Crippen LogP contribution is 2.34. The van der Waals surface area contributed by atoms with E-state index in [4.69, 9.17) is 0 Å². The molecule has 5 heteroatoms. The first-order valence-electron chi connectivity index (χ1n) is 7.77. The van der Waals surface area contributed by atoms with Crippen molar-refractivity contribution < 1.29 is 14.7 Å². The summed E-state index contributed by atoms with van der Waals surface area (Å²) >= 11 is 0. The molecule has 1 saturated carbocycles. The van der Waals surface area contributed by atoms with Gasteiger partial charge in [0.25, 0.3) is 0 Å². The van der Waals surface area contributed by atoms with Crippen LogP contribution in [-0.2, 0) is 9.59 Å². The molecule has 5 nitrogen and oxygen atoms in total. The normalized spacial score (nSPS) is 37.6. The number of carboxylic acids is 1. The Balaban J connectivity index is 2.03. The van der Waals surface area contributed by atoms with Crippen LogP contribution in [0.2, 0.25) is 0 Å². The van der Waals surface area contributed by atoms with Gasteiger partial charge in [0.05, 0.1) is 6.04 Å². The molecule has 0 radical (unpaired) electrons. The van der Waals surface area contributed by atoms with E-state index in [1.54, 1.807) is 0 Å². The largest absolute Gasteiger partial charge is 0.480 e. The topological polar surface area (TPSA) is 78.4 Å². The lowest BCUT2D eigenvalue weighted by Crippen LogP contribution is -2.60. The summed E-state index contributed by atoms with van der Waals surface area (Å²) in [6.45, 7) is 5.00. The second-order valence-corrected chi connectivity index (χ2v) is 6.43. The van der Waals surface area contributed by atoms with E-state index < -0.39 is 11.5 Å². The van der Waals surface area contributed by atoms with Crippen molar-refractivity contribution in [2.24, 2.45) is 11.8 Å². The Morgan fingerprint density at radius 1 is 1.30 bits per heavy atom. The van der Waals surface area contributed by atoms with Gasteiger partial charge >= 0.3 is 5.97 Å². The number of amides is 1. The second-order valence-electron chi connectivity index (χ2n) is 6.43. The van der Waals surface area contributed by atoms with Gasteiger partial charge in [0.1, 0.15) is 5.54 Å². The lowest BCUT2D eigenvalue weighted by Gasteiger charge is -2.38. The highest BCUT2D eigenvalue weighted by Gasteiger charge is 2.44. The molecule has 1 aliphatic carbocycles. The summed E-state index contributed by atoms with van der Waals surface area (Å²) in [5.41, 5.74) is -1.05. The first-order valence-corrected chi connectivity index (χ1v) is 7.77. The molecule has 2 rings (SSSR count). The number of hydrogen-bond donors (Lipinski definition) is 3. The van der Waals surface area contributed by atoms with Crippen molar-refractivity contribution in [1.29, 1.82) is 0 Å². The monoisotopic (exact) mass is 282 g/mol. The number of carbonyl (C=O) groups excluding carboxylic acids is 1. The first-order chi connectivity index (χ1) is 9.48. The summed E-state index contributed by atoms with van der Waals surface area (Å²) in [5, 5.41) is 15.6. The van der Waals surface area contributed by atoms with Crippen LogP contribution >= 0.6 is 0 Å². The number of rotatable bonds is 4. The molecular formula is C15H26N2O3. The van der Waals surface area contributed by atoms with Crippen LogP contribution in [0.1, 0.15) is 52.4 Å². The molecule has 114 valence electrons. The Kier molecular flexibility index (Phi) is 4.68. The van der Waals surface area contributed by atoms with Crippen LogP contribution < -0.4 is 10.6 Å². The average molecular weight is 282 g/mol. The Labute approximate surface area is 120 Å². The van der Waals surface area contributed by atoms with Crippen LogP contribution in [0.4, 0.5) is 0 Å². The summed E-state index contributed by atoms with van der Waals surface area (Å²) in [4.78, 5) is 24.0. The van der Waals surface area contributed by atoms with Crippen molar-refractivity contribution in [2.75, 3.05) is 6.54 Å². The molecular weight excluding hydrogens is 256 g/mol. The van der Waals surface area contributed by atoms with Crippen molar-refractivity contribution >= 4 is 11.9 Å². The molecule has 1 aliphatic heterocycles. The minimum Gasteiger partial charge on any atom is -0.480 e. The molecule has 2 aliphatic rings. The Morgan fingerprint density at radius 3 is 2.40 bits per heavy atom. The average Bonchev–Trinajstić information content (AvgIpc) is 2.85. The molecule has 1 heterocycles. The zero-order chi connectivity index (χ0) is 14.8. The van der Waals surface area contributed by atoms with Crippen LogP contribution in [0.15, 0.2) is 0 Å². The number of nitrogens with one attached hydrogen (secondary N) is 2. The molecule has 0 spiro atoms. The molecule has 3 N–H and O–H groups in total. The predicted molar refractivity (Wildman–Crippen MR) is 76.3 cm³/mol. The summed E-state index contributed by atoms with van der Waals surface area (Å²) in [7, 11) is 0. The molecule has 2 fully saturated rings. The van der Waals surface area contributed by atoms with Gasteiger partial charge in [-0.05, 0) is 50.5 Å². The van der Waals surface area contributed by atoms with E-state index in [9.17, 15) is 14.7 Å². The van der Waals surface area contributed by atoms with Gasteiger partial charge in [-0.25, -0.2) is 4.79 Å². The number of hydrogen-bond acceptors (Lipinski definition) is 3. The van der Waals surface area contributed by atoms with Crippen molar-refractivity contribution in [1.82, 2.24) is 10.6 Å². The van der Waals surface area contributed by atoms with Gasteiger partial charge in [-0.1, -0.05) is 20.3 Å². The Bertz CT molecular complexity index is 375. The third kappa shape index (κ3) is 2.97. The van der Waals surface area contributed by atoms with Crippen LogP contribution in [0.5, 0.6) is 0 Å². The van der Waals surface area contributed by atoms with Gasteiger partial charge in [-0.3, -0.25) is 4.79 Å². The minimum atomic E-state index is -1.05. The second kappa shape index (κ2) is 6.12. The van der Waals surface area contributed by atoms with E-state index in [1.165, 1.54) is 0 Å². The van der Waals surface area contributed by atoms with Crippen LogP contribution in [0.3, 0.4) is 0 Å². The van der Waals surface area contributed by atoms with Gasteiger partial charge < -0.3 is 15.7 Å². The third-order valence-corrected chi connectivity index (χ3v) is 5.12. The maximum absolute atomic E-state index is 12.3. The van der Waals surface area contributed by atoms with Gasteiger partial charge in [-0.2, -0.15) is 0 Å². The lowest BCUT2D eigenvalue weighted by molar-refractivity contribution is -0.150. The van der Waals surface area contributed by atoms with Gasteiger partial charge in [0, 0.05) is 0 Å². The smallest absolute Gasteiger partial charge is 0.329 e. The maximum Gasteiger partial charge on any atom is 0.329 e. The van der Waals surface area contributed by atoms with E-state index in [-0.39, 0.29) is 17.9 Å². The highest BCUT2D eigenvalue weighted by atomic mass is 16.4. The number of carbonyl (C=O) groups is 2.